The number of methoxy groups -OCH3 is 1. The van der Waals surface area contributed by atoms with Gasteiger partial charge in [0, 0.05) is 11.6 Å². The molecule has 4 unspecified atom stereocenters. The van der Waals surface area contributed by atoms with E-state index in [0.29, 0.717) is 22.2 Å². The quantitative estimate of drug-likeness (QED) is 0.807. The Labute approximate surface area is 177 Å². The molecule has 4 atom stereocenters. The molecule has 1 fully saturated rings. The van der Waals surface area contributed by atoms with Crippen LogP contribution in [0.2, 0.25) is 0 Å². The first kappa shape index (κ1) is 19.1. The molecule has 2 aromatic rings. The smallest absolute Gasteiger partial charge is 0.296 e. The summed E-state index contributed by atoms with van der Waals surface area (Å²) in [5.74, 6) is 0.260. The number of nitrogens with zero attached hydrogens (tertiary/aromatic N) is 2. The summed E-state index contributed by atoms with van der Waals surface area (Å²) in [6.07, 6.45) is 3.90. The van der Waals surface area contributed by atoms with E-state index in [1.165, 1.54) is 29.4 Å². The minimum atomic E-state index is -0.668. The van der Waals surface area contributed by atoms with Gasteiger partial charge >= 0.3 is 0 Å². The maximum Gasteiger partial charge on any atom is 0.296 e. The highest BCUT2D eigenvalue weighted by Crippen LogP contribution is 2.49. The standard InChI is InChI=1S/C22H22N2O5S/c1-11-3-6-15-13(9-11)19(26)17-18(12-4-5-14(25)16(10-12)28-2)24(21(27)20(17)29-15)22-23-7-8-30-22/h4-5,7-8,10-11,13,15,18,25H,3,6,9H2,1-2H3. The van der Waals surface area contributed by atoms with Gasteiger partial charge in [0.25, 0.3) is 5.91 Å². The number of anilines is 1. The summed E-state index contributed by atoms with van der Waals surface area (Å²) in [7, 11) is 1.46. The number of ether oxygens (including phenoxy) is 2. The van der Waals surface area contributed by atoms with Crippen molar-refractivity contribution in [1.29, 1.82) is 0 Å². The van der Waals surface area contributed by atoms with Crippen molar-refractivity contribution in [2.24, 2.45) is 11.8 Å². The van der Waals surface area contributed by atoms with Crippen molar-refractivity contribution in [1.82, 2.24) is 4.98 Å². The second-order valence-electron chi connectivity index (χ2n) is 8.11. The van der Waals surface area contributed by atoms with Gasteiger partial charge in [0.2, 0.25) is 0 Å². The number of thiazole rings is 1. The fourth-order valence-corrected chi connectivity index (χ4v) is 5.46. The molecule has 7 nitrogen and oxygen atoms in total. The van der Waals surface area contributed by atoms with Crippen LogP contribution >= 0.6 is 11.3 Å². The van der Waals surface area contributed by atoms with Crippen molar-refractivity contribution in [2.75, 3.05) is 12.0 Å². The van der Waals surface area contributed by atoms with E-state index >= 15 is 0 Å². The Bertz CT molecular complexity index is 1050. The first-order chi connectivity index (χ1) is 14.5. The van der Waals surface area contributed by atoms with Gasteiger partial charge in [0.05, 0.1) is 24.6 Å². The van der Waals surface area contributed by atoms with Crippen LogP contribution in [0.5, 0.6) is 11.5 Å². The van der Waals surface area contributed by atoms with Crippen LogP contribution in [-0.4, -0.2) is 35.0 Å². The number of benzene rings is 1. The van der Waals surface area contributed by atoms with E-state index in [2.05, 4.69) is 11.9 Å². The van der Waals surface area contributed by atoms with Crippen molar-refractivity contribution >= 4 is 28.2 Å². The molecule has 0 bridgehead atoms. The second kappa shape index (κ2) is 7.12. The average Bonchev–Trinajstić information content (AvgIpc) is 3.36. The van der Waals surface area contributed by atoms with Crippen LogP contribution in [0, 0.1) is 11.8 Å². The number of rotatable bonds is 3. The zero-order valence-corrected chi connectivity index (χ0v) is 17.5. The fourth-order valence-electron chi connectivity index (χ4n) is 4.79. The Morgan fingerprint density at radius 2 is 2.13 bits per heavy atom. The maximum atomic E-state index is 13.6. The van der Waals surface area contributed by atoms with Gasteiger partial charge in [-0.25, -0.2) is 4.98 Å². The molecule has 1 aromatic carbocycles. The van der Waals surface area contributed by atoms with Gasteiger partial charge in [-0.15, -0.1) is 11.3 Å². The van der Waals surface area contributed by atoms with E-state index in [9.17, 15) is 14.7 Å². The Morgan fingerprint density at radius 1 is 1.30 bits per heavy atom. The van der Waals surface area contributed by atoms with Crippen LogP contribution in [0.15, 0.2) is 41.1 Å². The summed E-state index contributed by atoms with van der Waals surface area (Å²) in [6, 6.07) is 4.21. The highest BCUT2D eigenvalue weighted by Gasteiger charge is 2.53. The van der Waals surface area contributed by atoms with Crippen LogP contribution in [0.3, 0.4) is 0 Å². The predicted octanol–water partition coefficient (Wildman–Crippen LogP) is 3.60. The van der Waals surface area contributed by atoms with Crippen LogP contribution in [0.4, 0.5) is 5.13 Å². The summed E-state index contributed by atoms with van der Waals surface area (Å²) in [6.45, 7) is 2.15. The van der Waals surface area contributed by atoms with Crippen molar-refractivity contribution < 1.29 is 24.2 Å². The second-order valence-corrected chi connectivity index (χ2v) is 8.98. The van der Waals surface area contributed by atoms with Gasteiger partial charge in [-0.1, -0.05) is 13.0 Å². The number of amides is 1. The van der Waals surface area contributed by atoms with Gasteiger partial charge in [0.15, 0.2) is 28.2 Å². The summed E-state index contributed by atoms with van der Waals surface area (Å²) in [5, 5.41) is 12.3. The fraction of sp³-hybridized carbons (Fsp3) is 0.409. The number of aromatic nitrogens is 1. The largest absolute Gasteiger partial charge is 0.504 e. The Morgan fingerprint density at radius 3 is 2.87 bits per heavy atom. The number of phenolic OH excluding ortho intramolecular Hbond substituents is 1. The maximum absolute atomic E-state index is 13.6. The molecule has 1 N–H and O–H groups in total. The first-order valence-corrected chi connectivity index (χ1v) is 10.9. The monoisotopic (exact) mass is 426 g/mol. The highest BCUT2D eigenvalue weighted by molar-refractivity contribution is 7.13. The molecule has 156 valence electrons. The Hall–Kier alpha value is -2.87. The third-order valence-electron chi connectivity index (χ3n) is 6.25. The van der Waals surface area contributed by atoms with E-state index in [0.717, 1.165) is 19.3 Å². The summed E-state index contributed by atoms with van der Waals surface area (Å²) >= 11 is 1.33. The van der Waals surface area contributed by atoms with Crippen molar-refractivity contribution in [3.05, 3.63) is 46.7 Å². The molecule has 3 heterocycles. The predicted molar refractivity (Wildman–Crippen MR) is 110 cm³/mol. The van der Waals surface area contributed by atoms with E-state index in [1.807, 2.05) is 0 Å². The lowest BCUT2D eigenvalue weighted by molar-refractivity contribution is -0.132. The number of ketones is 1. The normalized spacial score (nSPS) is 28.3. The van der Waals surface area contributed by atoms with Crippen molar-refractivity contribution in [3.8, 4) is 11.5 Å². The molecule has 0 saturated heterocycles. The lowest BCUT2D eigenvalue weighted by Crippen LogP contribution is -2.41. The molecule has 8 heteroatoms. The number of hydrogen-bond acceptors (Lipinski definition) is 7. The van der Waals surface area contributed by atoms with E-state index < -0.39 is 6.04 Å². The molecular formula is C22H22N2O5S. The lowest BCUT2D eigenvalue weighted by Gasteiger charge is -2.37. The lowest BCUT2D eigenvalue weighted by atomic mass is 9.74. The van der Waals surface area contributed by atoms with Gasteiger partial charge < -0.3 is 14.6 Å². The van der Waals surface area contributed by atoms with E-state index in [1.54, 1.807) is 23.7 Å². The van der Waals surface area contributed by atoms with Crippen LogP contribution in [0.1, 0.15) is 37.8 Å². The zero-order valence-electron chi connectivity index (χ0n) is 16.7. The molecule has 5 rings (SSSR count). The summed E-state index contributed by atoms with van der Waals surface area (Å²) < 4.78 is 11.4. The number of carbonyl (C=O) groups is 2. The molecule has 1 saturated carbocycles. The molecule has 30 heavy (non-hydrogen) atoms. The third kappa shape index (κ3) is 2.81. The number of carbonyl (C=O) groups excluding carboxylic acids is 2. The SMILES string of the molecule is COc1cc(C2C3=C(OC4CCC(C)CC4C3=O)C(=O)N2c2nccs2)ccc1O. The van der Waals surface area contributed by atoms with Gasteiger partial charge in [-0.2, -0.15) is 0 Å². The Balaban J connectivity index is 1.65. The number of aromatic hydroxyl groups is 1. The Kier molecular flexibility index (Phi) is 4.54. The zero-order chi connectivity index (χ0) is 21.0. The number of hydrogen-bond donors (Lipinski definition) is 1. The van der Waals surface area contributed by atoms with Crippen molar-refractivity contribution in [2.45, 2.75) is 38.3 Å². The van der Waals surface area contributed by atoms with Crippen LogP contribution in [-0.2, 0) is 14.3 Å². The topological polar surface area (TPSA) is 89.0 Å². The van der Waals surface area contributed by atoms with Crippen LogP contribution < -0.4 is 9.64 Å². The molecule has 1 amide bonds. The summed E-state index contributed by atoms with van der Waals surface area (Å²) in [5.41, 5.74) is 1.05. The number of fused-ring (bicyclic) bond motifs is 1. The average molecular weight is 426 g/mol. The number of Topliss-reactive ketones (excluding diaryl/α,β-unsaturated/α-hetero) is 1. The molecule has 3 aliphatic rings. The van der Waals surface area contributed by atoms with Gasteiger partial charge in [0.1, 0.15) is 6.10 Å². The minimum absolute atomic E-state index is 0.00651. The molecule has 1 aromatic heterocycles. The molecule has 2 aliphatic heterocycles. The minimum Gasteiger partial charge on any atom is -0.504 e. The summed E-state index contributed by atoms with van der Waals surface area (Å²) in [4.78, 5) is 32.9. The van der Waals surface area contributed by atoms with E-state index in [4.69, 9.17) is 9.47 Å². The van der Waals surface area contributed by atoms with E-state index in [-0.39, 0.29) is 41.0 Å². The van der Waals surface area contributed by atoms with Crippen LogP contribution in [0.25, 0.3) is 0 Å². The van der Waals surface area contributed by atoms with Gasteiger partial charge in [-0.3, -0.25) is 14.5 Å². The molecule has 0 spiro atoms. The van der Waals surface area contributed by atoms with Gasteiger partial charge in [-0.05, 0) is 42.9 Å². The third-order valence-corrected chi connectivity index (χ3v) is 7.03. The first-order valence-electron chi connectivity index (χ1n) is 10.0. The molecule has 0 radical (unpaired) electrons. The molecular weight excluding hydrogens is 404 g/mol. The highest BCUT2D eigenvalue weighted by atomic mass is 32.1. The van der Waals surface area contributed by atoms with Crippen molar-refractivity contribution in [3.63, 3.8) is 0 Å². The number of phenols is 1. The molecule has 1 aliphatic carbocycles.